The summed E-state index contributed by atoms with van der Waals surface area (Å²) in [4.78, 5) is 24.4. The number of methoxy groups -OCH3 is 1. The van der Waals surface area contributed by atoms with Crippen molar-refractivity contribution in [2.45, 2.75) is 38.4 Å². The maximum Gasteiger partial charge on any atom is 0.341 e. The van der Waals surface area contributed by atoms with Crippen molar-refractivity contribution in [2.24, 2.45) is 0 Å². The quantitative estimate of drug-likeness (QED) is 0.629. The van der Waals surface area contributed by atoms with Gasteiger partial charge < -0.3 is 19.7 Å². The van der Waals surface area contributed by atoms with Crippen LogP contribution < -0.4 is 15.5 Å². The molecule has 1 aliphatic heterocycles. The fourth-order valence-corrected chi connectivity index (χ4v) is 4.37. The van der Waals surface area contributed by atoms with E-state index in [4.69, 9.17) is 13.9 Å². The highest BCUT2D eigenvalue weighted by Gasteiger charge is 2.29. The Morgan fingerprint density at radius 2 is 1.97 bits per heavy atom. The maximum atomic E-state index is 12.8. The standard InChI is InChI=1S/C23H22N2O4.F2/c1-12-16-6-3-13(9-14(16)10-24-12)17-7-8-18-20(22(17)29-2)25(15-4-5-15)11-19(21(18)26)23(27)28;1-2/h3,6-9,11-12,15,24H,4-5,10H2,1-2H3,(H,27,28);. The molecule has 1 atom stereocenters. The van der Waals surface area contributed by atoms with Gasteiger partial charge in [-0.1, -0.05) is 12.1 Å². The molecular formula is C23H22F2N2O4. The minimum atomic E-state index is -1.20. The van der Waals surface area contributed by atoms with Crippen LogP contribution in [0.2, 0.25) is 0 Å². The Balaban J connectivity index is 0.00000112. The highest BCUT2D eigenvalue weighted by molar-refractivity contribution is 5.97. The summed E-state index contributed by atoms with van der Waals surface area (Å²) in [6.07, 6.45) is 3.41. The van der Waals surface area contributed by atoms with Gasteiger partial charge in [0.05, 0.1) is 18.0 Å². The number of fused-ring (bicyclic) bond motifs is 2. The van der Waals surface area contributed by atoms with Crippen LogP contribution in [-0.2, 0) is 6.54 Å². The van der Waals surface area contributed by atoms with E-state index in [1.54, 1.807) is 13.2 Å². The molecule has 162 valence electrons. The molecule has 1 unspecified atom stereocenters. The monoisotopic (exact) mass is 428 g/mol. The molecule has 0 radical (unpaired) electrons. The summed E-state index contributed by atoms with van der Waals surface area (Å²) in [6, 6.07) is 10.5. The molecule has 1 aliphatic carbocycles. The molecule has 3 aromatic rings. The number of hydrogen-bond acceptors (Lipinski definition) is 4. The van der Waals surface area contributed by atoms with Crippen molar-refractivity contribution in [1.29, 1.82) is 0 Å². The third-order valence-electron chi connectivity index (χ3n) is 6.04. The average molecular weight is 428 g/mol. The van der Waals surface area contributed by atoms with Gasteiger partial charge in [0.2, 0.25) is 5.43 Å². The van der Waals surface area contributed by atoms with Gasteiger partial charge in [-0.15, -0.1) is 0 Å². The summed E-state index contributed by atoms with van der Waals surface area (Å²) in [5.41, 5.74) is 4.50. The molecule has 0 bridgehead atoms. The molecule has 2 N–H and O–H groups in total. The molecule has 31 heavy (non-hydrogen) atoms. The number of rotatable bonds is 4. The second kappa shape index (κ2) is 8.11. The van der Waals surface area contributed by atoms with E-state index < -0.39 is 11.4 Å². The summed E-state index contributed by atoms with van der Waals surface area (Å²) >= 11 is 0. The first-order chi connectivity index (χ1) is 15.0. The van der Waals surface area contributed by atoms with Crippen LogP contribution in [0.4, 0.5) is 9.15 Å². The summed E-state index contributed by atoms with van der Waals surface area (Å²) in [5.74, 6) is -0.586. The molecule has 0 saturated heterocycles. The molecule has 5 rings (SSSR count). The van der Waals surface area contributed by atoms with E-state index in [1.807, 2.05) is 10.6 Å². The van der Waals surface area contributed by atoms with E-state index in [1.165, 1.54) is 17.3 Å². The summed E-state index contributed by atoms with van der Waals surface area (Å²) < 4.78 is 23.7. The van der Waals surface area contributed by atoms with Gasteiger partial charge in [-0.25, -0.2) is 4.79 Å². The van der Waals surface area contributed by atoms with Crippen molar-refractivity contribution in [3.05, 3.63) is 63.4 Å². The second-order valence-corrected chi connectivity index (χ2v) is 7.87. The number of halogens is 2. The first-order valence-electron chi connectivity index (χ1n) is 9.99. The number of ether oxygens (including phenoxy) is 1. The van der Waals surface area contributed by atoms with Gasteiger partial charge in [0.1, 0.15) is 5.56 Å². The number of aromatic carboxylic acids is 1. The molecule has 2 aromatic carbocycles. The number of carboxylic acids is 1. The summed E-state index contributed by atoms with van der Waals surface area (Å²) in [7, 11) is 1.60. The Morgan fingerprint density at radius 1 is 1.23 bits per heavy atom. The molecule has 2 aliphatic rings. The van der Waals surface area contributed by atoms with Gasteiger partial charge >= 0.3 is 5.97 Å². The molecule has 8 heteroatoms. The zero-order chi connectivity index (χ0) is 22.3. The van der Waals surface area contributed by atoms with E-state index in [9.17, 15) is 14.7 Å². The summed E-state index contributed by atoms with van der Waals surface area (Å²) in [6.45, 7) is 2.98. The lowest BCUT2D eigenvalue weighted by Gasteiger charge is -2.18. The molecule has 1 aromatic heterocycles. The van der Waals surface area contributed by atoms with E-state index in [0.29, 0.717) is 22.7 Å². The minimum absolute atomic E-state index is 0.197. The zero-order valence-corrected chi connectivity index (χ0v) is 17.1. The number of nitrogens with zero attached hydrogens (tertiary/aromatic N) is 1. The van der Waals surface area contributed by atoms with Crippen molar-refractivity contribution < 1.29 is 23.8 Å². The van der Waals surface area contributed by atoms with E-state index in [2.05, 4.69) is 30.4 Å². The summed E-state index contributed by atoms with van der Waals surface area (Å²) in [5, 5.41) is 13.3. The van der Waals surface area contributed by atoms with Crippen LogP contribution in [-0.4, -0.2) is 22.8 Å². The zero-order valence-electron chi connectivity index (χ0n) is 17.1. The highest BCUT2D eigenvalue weighted by Crippen LogP contribution is 2.43. The Bertz CT molecular complexity index is 1230. The molecular weight excluding hydrogens is 406 g/mol. The first-order valence-corrected chi connectivity index (χ1v) is 9.99. The number of nitrogens with one attached hydrogen (secondary N) is 1. The molecule has 2 heterocycles. The third-order valence-corrected chi connectivity index (χ3v) is 6.04. The highest BCUT2D eigenvalue weighted by atomic mass is 20.0. The fraction of sp³-hybridized carbons (Fsp3) is 0.304. The molecule has 0 spiro atoms. The lowest BCUT2D eigenvalue weighted by molar-refractivity contribution is 0.0695. The maximum absolute atomic E-state index is 12.8. The normalized spacial score (nSPS) is 17.1. The number of aromatic nitrogens is 1. The van der Waals surface area contributed by atoms with Crippen molar-refractivity contribution in [3.63, 3.8) is 0 Å². The van der Waals surface area contributed by atoms with Crippen molar-refractivity contribution in [1.82, 2.24) is 9.88 Å². The molecule has 1 saturated carbocycles. The predicted molar refractivity (Wildman–Crippen MR) is 113 cm³/mol. The van der Waals surface area contributed by atoms with Crippen LogP contribution >= 0.6 is 0 Å². The number of pyridine rings is 1. The van der Waals surface area contributed by atoms with Crippen molar-refractivity contribution in [2.75, 3.05) is 7.11 Å². The lowest BCUT2D eigenvalue weighted by Crippen LogP contribution is -2.19. The first kappa shape index (κ1) is 21.0. The van der Waals surface area contributed by atoms with E-state index in [0.717, 1.165) is 30.5 Å². The molecule has 1 fully saturated rings. The second-order valence-electron chi connectivity index (χ2n) is 7.87. The van der Waals surface area contributed by atoms with Crippen LogP contribution in [0.5, 0.6) is 5.75 Å². The van der Waals surface area contributed by atoms with Gasteiger partial charge in [-0.05, 0) is 54.7 Å². The number of carboxylic acid groups (broad SMARTS) is 1. The Labute approximate surface area is 176 Å². The fourth-order valence-electron chi connectivity index (χ4n) is 4.37. The van der Waals surface area contributed by atoms with Gasteiger partial charge in [-0.3, -0.25) is 4.79 Å². The largest absolute Gasteiger partial charge is 0.494 e. The Kier molecular flexibility index (Phi) is 5.49. The lowest BCUT2D eigenvalue weighted by atomic mass is 9.96. The smallest absolute Gasteiger partial charge is 0.341 e. The topological polar surface area (TPSA) is 80.6 Å². The number of carbonyl (C=O) groups is 1. The van der Waals surface area contributed by atoms with Gasteiger partial charge in [-0.2, -0.15) is 0 Å². The minimum Gasteiger partial charge on any atom is -0.494 e. The average Bonchev–Trinajstić information content (AvgIpc) is 3.57. The third kappa shape index (κ3) is 3.46. The van der Waals surface area contributed by atoms with Gasteiger partial charge in [0.25, 0.3) is 0 Å². The van der Waals surface area contributed by atoms with Crippen molar-refractivity contribution >= 4 is 16.9 Å². The van der Waals surface area contributed by atoms with Crippen LogP contribution in [0, 0.1) is 0 Å². The van der Waals surface area contributed by atoms with Gasteiger partial charge in [0, 0.05) is 39.5 Å². The van der Waals surface area contributed by atoms with Crippen LogP contribution in [0.3, 0.4) is 0 Å². The SMILES string of the molecule is COc1c(-c2ccc3c(c2)CNC3C)ccc2c(=O)c(C(=O)O)cn(C3CC3)c12.FF. The predicted octanol–water partition coefficient (Wildman–Crippen LogP) is 4.71. The Morgan fingerprint density at radius 3 is 2.61 bits per heavy atom. The van der Waals surface area contributed by atoms with Crippen molar-refractivity contribution in [3.8, 4) is 16.9 Å². The van der Waals surface area contributed by atoms with E-state index in [-0.39, 0.29) is 11.6 Å². The molecule has 6 nitrogen and oxygen atoms in total. The van der Waals surface area contributed by atoms with E-state index >= 15 is 0 Å². The van der Waals surface area contributed by atoms with Gasteiger partial charge in [0.15, 0.2) is 5.75 Å². The van der Waals surface area contributed by atoms with Crippen LogP contribution in [0.25, 0.3) is 22.0 Å². The number of hydrogen-bond donors (Lipinski definition) is 2. The molecule has 0 amide bonds. The van der Waals surface area contributed by atoms with Crippen LogP contribution in [0.1, 0.15) is 53.3 Å². The Hall–Kier alpha value is -3.26. The number of benzene rings is 2. The van der Waals surface area contributed by atoms with Crippen LogP contribution in [0.15, 0.2) is 41.3 Å².